The fourth-order valence-electron chi connectivity index (χ4n) is 1.46. The predicted octanol–water partition coefficient (Wildman–Crippen LogP) is 4.97. The molecule has 0 radical (unpaired) electrons. The third kappa shape index (κ3) is 8.41. The molecule has 0 atom stereocenters. The van der Waals surface area contributed by atoms with Gasteiger partial charge in [0.05, 0.1) is 0 Å². The zero-order valence-electron chi connectivity index (χ0n) is 13.5. The van der Waals surface area contributed by atoms with Gasteiger partial charge in [0.15, 0.2) is 0 Å². The van der Waals surface area contributed by atoms with Crippen molar-refractivity contribution < 1.29 is 9.53 Å². The molecule has 2 heteroatoms. The maximum atomic E-state index is 11.9. The maximum Gasteiger partial charge on any atom is 0.334 e. The van der Waals surface area contributed by atoms with Gasteiger partial charge in [-0.1, -0.05) is 29.4 Å². The van der Waals surface area contributed by atoms with E-state index in [0.717, 1.165) is 6.42 Å². The van der Waals surface area contributed by atoms with Crippen LogP contribution in [0.1, 0.15) is 61.3 Å². The summed E-state index contributed by atoms with van der Waals surface area (Å²) >= 11 is 0. The quantitative estimate of drug-likeness (QED) is 0.398. The van der Waals surface area contributed by atoms with Crippen molar-refractivity contribution in [1.82, 2.24) is 0 Å². The molecule has 108 valence electrons. The van der Waals surface area contributed by atoms with E-state index in [1.807, 2.05) is 20.8 Å². The normalized spacial score (nSPS) is 10.7. The van der Waals surface area contributed by atoms with Crippen LogP contribution in [0.2, 0.25) is 0 Å². The monoisotopic (exact) mass is 264 g/mol. The molecule has 0 aliphatic carbocycles. The Morgan fingerprint density at radius 2 is 1.68 bits per heavy atom. The molecule has 0 aromatic heterocycles. The Hall–Kier alpha value is -1.31. The molecule has 0 aromatic rings. The summed E-state index contributed by atoms with van der Waals surface area (Å²) in [4.78, 5) is 11.9. The van der Waals surface area contributed by atoms with Crippen LogP contribution in [0.15, 0.2) is 34.9 Å². The van der Waals surface area contributed by atoms with Crippen LogP contribution in [-0.2, 0) is 9.53 Å². The van der Waals surface area contributed by atoms with E-state index in [2.05, 4.69) is 40.3 Å². The molecule has 0 spiro atoms. The van der Waals surface area contributed by atoms with Gasteiger partial charge >= 0.3 is 5.97 Å². The van der Waals surface area contributed by atoms with Crippen molar-refractivity contribution >= 4 is 5.97 Å². The fraction of sp³-hybridized carbons (Fsp3) is 0.588. The van der Waals surface area contributed by atoms with E-state index in [-0.39, 0.29) is 5.97 Å². The molecule has 0 N–H and O–H groups in total. The first-order valence-corrected chi connectivity index (χ1v) is 6.72. The highest BCUT2D eigenvalue weighted by Gasteiger charge is 2.19. The van der Waals surface area contributed by atoms with E-state index in [1.165, 1.54) is 16.7 Å². The van der Waals surface area contributed by atoms with Gasteiger partial charge < -0.3 is 4.74 Å². The molecule has 0 rings (SSSR count). The SMILES string of the molecule is C=C(CC(CC=C(C)C)=C(C)C)C(=O)OC(C)(C)C. The number of hydrogen-bond acceptors (Lipinski definition) is 2. The Morgan fingerprint density at radius 3 is 2.05 bits per heavy atom. The van der Waals surface area contributed by atoms with Crippen LogP contribution < -0.4 is 0 Å². The standard InChI is InChI=1S/C17H28O2/c1-12(2)9-10-15(13(3)4)11-14(5)16(18)19-17(6,7)8/h9H,5,10-11H2,1-4,6-8H3. The molecule has 19 heavy (non-hydrogen) atoms. The molecular formula is C17H28O2. The van der Waals surface area contributed by atoms with Crippen LogP contribution in [-0.4, -0.2) is 11.6 Å². The third-order valence-electron chi connectivity index (χ3n) is 2.58. The maximum absolute atomic E-state index is 11.9. The van der Waals surface area contributed by atoms with Crippen LogP contribution in [0, 0.1) is 0 Å². The molecule has 0 aromatic carbocycles. The molecular weight excluding hydrogens is 236 g/mol. The van der Waals surface area contributed by atoms with Crippen LogP contribution in [0.4, 0.5) is 0 Å². The van der Waals surface area contributed by atoms with Crippen molar-refractivity contribution in [3.8, 4) is 0 Å². The Kier molecular flexibility index (Phi) is 6.82. The van der Waals surface area contributed by atoms with E-state index in [4.69, 9.17) is 4.74 Å². The Labute approximate surface area is 118 Å². The molecule has 0 unspecified atom stereocenters. The van der Waals surface area contributed by atoms with Crippen molar-refractivity contribution in [1.29, 1.82) is 0 Å². The summed E-state index contributed by atoms with van der Waals surface area (Å²) in [6.45, 7) is 17.7. The largest absolute Gasteiger partial charge is 0.457 e. The van der Waals surface area contributed by atoms with Gasteiger partial charge in [0.1, 0.15) is 5.60 Å². The lowest BCUT2D eigenvalue weighted by atomic mass is 9.98. The van der Waals surface area contributed by atoms with Gasteiger partial charge in [-0.2, -0.15) is 0 Å². The van der Waals surface area contributed by atoms with Gasteiger partial charge in [0.2, 0.25) is 0 Å². The van der Waals surface area contributed by atoms with E-state index >= 15 is 0 Å². The van der Waals surface area contributed by atoms with Gasteiger partial charge in [0.25, 0.3) is 0 Å². The van der Waals surface area contributed by atoms with E-state index in [0.29, 0.717) is 12.0 Å². The molecule has 2 nitrogen and oxygen atoms in total. The molecule has 0 aliphatic heterocycles. The fourth-order valence-corrected chi connectivity index (χ4v) is 1.46. The minimum absolute atomic E-state index is 0.302. The van der Waals surface area contributed by atoms with Crippen molar-refractivity contribution in [2.75, 3.05) is 0 Å². The summed E-state index contributed by atoms with van der Waals surface area (Å²) in [5.74, 6) is -0.302. The van der Waals surface area contributed by atoms with Crippen LogP contribution in [0.25, 0.3) is 0 Å². The number of ether oxygens (including phenoxy) is 1. The second-order valence-electron chi connectivity index (χ2n) is 6.37. The minimum atomic E-state index is -0.467. The van der Waals surface area contributed by atoms with Crippen molar-refractivity contribution in [2.24, 2.45) is 0 Å². The van der Waals surface area contributed by atoms with E-state index in [1.54, 1.807) is 0 Å². The van der Waals surface area contributed by atoms with Gasteiger partial charge in [0, 0.05) is 12.0 Å². The van der Waals surface area contributed by atoms with E-state index < -0.39 is 5.60 Å². The molecule has 0 amide bonds. The zero-order chi connectivity index (χ0) is 15.2. The van der Waals surface area contributed by atoms with Gasteiger partial charge in [-0.25, -0.2) is 4.79 Å². The average molecular weight is 264 g/mol. The highest BCUT2D eigenvalue weighted by Crippen LogP contribution is 2.21. The van der Waals surface area contributed by atoms with E-state index in [9.17, 15) is 4.79 Å². The predicted molar refractivity (Wildman–Crippen MR) is 82.0 cm³/mol. The lowest BCUT2D eigenvalue weighted by Crippen LogP contribution is -2.24. The smallest absolute Gasteiger partial charge is 0.334 e. The van der Waals surface area contributed by atoms with Gasteiger partial charge in [-0.3, -0.25) is 0 Å². The molecule has 0 fully saturated rings. The summed E-state index contributed by atoms with van der Waals surface area (Å²) < 4.78 is 5.33. The highest BCUT2D eigenvalue weighted by molar-refractivity contribution is 5.88. The third-order valence-corrected chi connectivity index (χ3v) is 2.58. The second kappa shape index (κ2) is 7.32. The summed E-state index contributed by atoms with van der Waals surface area (Å²) in [7, 11) is 0. The van der Waals surface area contributed by atoms with Crippen LogP contribution in [0.5, 0.6) is 0 Å². The number of esters is 1. The average Bonchev–Trinajstić information content (AvgIpc) is 2.20. The summed E-state index contributed by atoms with van der Waals surface area (Å²) in [5, 5.41) is 0. The summed E-state index contributed by atoms with van der Waals surface area (Å²) in [5.41, 5.74) is 3.81. The molecule has 0 heterocycles. The summed E-state index contributed by atoms with van der Waals surface area (Å²) in [6, 6.07) is 0. The zero-order valence-corrected chi connectivity index (χ0v) is 13.5. The van der Waals surface area contributed by atoms with Crippen LogP contribution >= 0.6 is 0 Å². The molecule has 0 aliphatic rings. The number of carbonyl (C=O) groups is 1. The first kappa shape index (κ1) is 17.7. The molecule has 0 saturated carbocycles. The van der Waals surface area contributed by atoms with Crippen molar-refractivity contribution in [2.45, 2.75) is 66.9 Å². The first-order chi connectivity index (χ1) is 8.53. The number of rotatable bonds is 5. The van der Waals surface area contributed by atoms with Crippen molar-refractivity contribution in [3.63, 3.8) is 0 Å². The number of hydrogen-bond donors (Lipinski definition) is 0. The molecule has 0 saturated heterocycles. The molecule has 0 bridgehead atoms. The minimum Gasteiger partial charge on any atom is -0.457 e. The second-order valence-corrected chi connectivity index (χ2v) is 6.37. The lowest BCUT2D eigenvalue weighted by molar-refractivity contribution is -0.149. The summed E-state index contributed by atoms with van der Waals surface area (Å²) in [6.07, 6.45) is 3.62. The van der Waals surface area contributed by atoms with Crippen molar-refractivity contribution in [3.05, 3.63) is 34.9 Å². The Morgan fingerprint density at radius 1 is 1.16 bits per heavy atom. The lowest BCUT2D eigenvalue weighted by Gasteiger charge is -2.20. The van der Waals surface area contributed by atoms with Crippen LogP contribution in [0.3, 0.4) is 0 Å². The van der Waals surface area contributed by atoms with Gasteiger partial charge in [-0.05, 0) is 54.9 Å². The van der Waals surface area contributed by atoms with Gasteiger partial charge in [-0.15, -0.1) is 0 Å². The number of carbonyl (C=O) groups excluding carboxylic acids is 1. The Balaban J connectivity index is 4.72. The number of allylic oxidation sites excluding steroid dienone is 4. The topological polar surface area (TPSA) is 26.3 Å². The first-order valence-electron chi connectivity index (χ1n) is 6.72. The Bertz CT molecular complexity index is 395. The highest BCUT2D eigenvalue weighted by atomic mass is 16.6.